The maximum absolute atomic E-state index is 13.7. The molecule has 26 heavy (non-hydrogen) atoms. The van der Waals surface area contributed by atoms with Gasteiger partial charge in [-0.3, -0.25) is 0 Å². The van der Waals surface area contributed by atoms with Crippen molar-refractivity contribution in [2.45, 2.75) is 31.3 Å². The standard InChI is InChI=1S/C19H17FN4OS/c1-3-24-16-7-5-4-6-15(16)21-19(24)26-11-17-22-18(23-25-17)13-9-8-12(2)14(20)10-13/h4-10H,3,11H2,1-2H3. The van der Waals surface area contributed by atoms with Gasteiger partial charge in [-0.05, 0) is 37.6 Å². The van der Waals surface area contributed by atoms with Gasteiger partial charge in [-0.1, -0.05) is 41.2 Å². The average molecular weight is 368 g/mol. The minimum Gasteiger partial charge on any atom is -0.338 e. The van der Waals surface area contributed by atoms with Crippen molar-refractivity contribution >= 4 is 22.8 Å². The van der Waals surface area contributed by atoms with E-state index in [4.69, 9.17) is 4.52 Å². The first kappa shape index (κ1) is 16.8. The van der Waals surface area contributed by atoms with Crippen LogP contribution < -0.4 is 0 Å². The molecule has 4 rings (SSSR count). The summed E-state index contributed by atoms with van der Waals surface area (Å²) in [7, 11) is 0. The van der Waals surface area contributed by atoms with Gasteiger partial charge in [-0.15, -0.1) is 0 Å². The van der Waals surface area contributed by atoms with E-state index in [1.807, 2.05) is 18.2 Å². The Balaban J connectivity index is 1.54. The highest BCUT2D eigenvalue weighted by Gasteiger charge is 2.14. The molecule has 2 heterocycles. The fourth-order valence-electron chi connectivity index (χ4n) is 2.76. The Hall–Kier alpha value is -2.67. The summed E-state index contributed by atoms with van der Waals surface area (Å²) in [6.07, 6.45) is 0. The molecule has 0 spiro atoms. The van der Waals surface area contributed by atoms with Crippen LogP contribution in [0.2, 0.25) is 0 Å². The number of fused-ring (bicyclic) bond motifs is 1. The van der Waals surface area contributed by atoms with Crippen molar-refractivity contribution in [3.63, 3.8) is 0 Å². The zero-order valence-corrected chi connectivity index (χ0v) is 15.3. The third kappa shape index (κ3) is 3.10. The normalized spacial score (nSPS) is 11.3. The molecule has 0 fully saturated rings. The van der Waals surface area contributed by atoms with E-state index < -0.39 is 0 Å². The summed E-state index contributed by atoms with van der Waals surface area (Å²) in [4.78, 5) is 9.04. The molecule has 0 aliphatic carbocycles. The van der Waals surface area contributed by atoms with Crippen LogP contribution in [0.1, 0.15) is 18.4 Å². The van der Waals surface area contributed by atoms with E-state index in [2.05, 4.69) is 32.7 Å². The predicted molar refractivity (Wildman–Crippen MR) is 99.4 cm³/mol. The number of aryl methyl sites for hydroxylation is 2. The molecular formula is C19H17FN4OS. The Morgan fingerprint density at radius 2 is 2.00 bits per heavy atom. The number of hydrogen-bond donors (Lipinski definition) is 0. The van der Waals surface area contributed by atoms with Gasteiger partial charge >= 0.3 is 0 Å². The maximum atomic E-state index is 13.7. The summed E-state index contributed by atoms with van der Waals surface area (Å²) in [6, 6.07) is 13.0. The molecule has 4 aromatic rings. The number of thioether (sulfide) groups is 1. The summed E-state index contributed by atoms with van der Waals surface area (Å²) >= 11 is 1.55. The highest BCUT2D eigenvalue weighted by atomic mass is 32.2. The molecule has 0 atom stereocenters. The Morgan fingerprint density at radius 3 is 2.81 bits per heavy atom. The van der Waals surface area contributed by atoms with Gasteiger partial charge in [0.15, 0.2) is 5.16 Å². The Kier molecular flexibility index (Phi) is 4.46. The third-order valence-electron chi connectivity index (χ3n) is 4.16. The minimum absolute atomic E-state index is 0.278. The number of nitrogens with zero attached hydrogens (tertiary/aromatic N) is 4. The van der Waals surface area contributed by atoms with Crippen molar-refractivity contribution < 1.29 is 8.91 Å². The second-order valence-corrected chi connectivity index (χ2v) is 6.83. The number of halogens is 1. The van der Waals surface area contributed by atoms with Crippen LogP contribution in [0.4, 0.5) is 4.39 Å². The molecule has 7 heteroatoms. The van der Waals surface area contributed by atoms with Crippen LogP contribution in [0, 0.1) is 12.7 Å². The van der Waals surface area contributed by atoms with Crippen molar-refractivity contribution in [1.82, 2.24) is 19.7 Å². The number of benzene rings is 2. The molecule has 132 valence electrons. The molecule has 0 saturated heterocycles. The second-order valence-electron chi connectivity index (χ2n) is 5.89. The van der Waals surface area contributed by atoms with Gasteiger partial charge in [-0.2, -0.15) is 4.98 Å². The summed E-state index contributed by atoms with van der Waals surface area (Å²) in [6.45, 7) is 4.65. The first-order valence-corrected chi connectivity index (χ1v) is 9.31. The molecule has 5 nitrogen and oxygen atoms in total. The molecule has 0 radical (unpaired) electrons. The summed E-state index contributed by atoms with van der Waals surface area (Å²) in [5.41, 5.74) is 3.28. The SMILES string of the molecule is CCn1c(SCc2nc(-c3ccc(C)c(F)c3)no2)nc2ccccc21. The highest BCUT2D eigenvalue weighted by molar-refractivity contribution is 7.98. The molecular weight excluding hydrogens is 351 g/mol. The van der Waals surface area contributed by atoms with E-state index in [1.54, 1.807) is 30.8 Å². The van der Waals surface area contributed by atoms with Crippen LogP contribution in [0.5, 0.6) is 0 Å². The second kappa shape index (κ2) is 6.92. The summed E-state index contributed by atoms with van der Waals surface area (Å²) in [5, 5.41) is 4.87. The van der Waals surface area contributed by atoms with E-state index in [-0.39, 0.29) is 5.82 Å². The minimum atomic E-state index is -0.278. The Morgan fingerprint density at radius 1 is 1.15 bits per heavy atom. The molecule has 2 aromatic heterocycles. The van der Waals surface area contributed by atoms with Crippen molar-refractivity contribution in [2.24, 2.45) is 0 Å². The quantitative estimate of drug-likeness (QED) is 0.472. The van der Waals surface area contributed by atoms with Gasteiger partial charge in [0.1, 0.15) is 5.82 Å². The monoisotopic (exact) mass is 368 g/mol. The molecule has 0 N–H and O–H groups in total. The lowest BCUT2D eigenvalue weighted by atomic mass is 10.1. The number of rotatable bonds is 5. The molecule has 0 unspecified atom stereocenters. The number of para-hydroxylation sites is 2. The van der Waals surface area contributed by atoms with Crippen molar-refractivity contribution in [1.29, 1.82) is 0 Å². The summed E-state index contributed by atoms with van der Waals surface area (Å²) < 4.78 is 21.2. The van der Waals surface area contributed by atoms with E-state index in [0.717, 1.165) is 22.7 Å². The largest absolute Gasteiger partial charge is 0.338 e. The van der Waals surface area contributed by atoms with Gasteiger partial charge in [0.2, 0.25) is 11.7 Å². The van der Waals surface area contributed by atoms with Crippen LogP contribution in [0.25, 0.3) is 22.4 Å². The molecule has 0 saturated carbocycles. The Labute approximate surface area is 154 Å². The van der Waals surface area contributed by atoms with Crippen LogP contribution in [-0.4, -0.2) is 19.7 Å². The first-order valence-electron chi connectivity index (χ1n) is 8.33. The van der Waals surface area contributed by atoms with E-state index in [0.29, 0.717) is 28.6 Å². The van der Waals surface area contributed by atoms with Crippen molar-refractivity contribution in [3.05, 3.63) is 59.7 Å². The molecule has 0 amide bonds. The maximum Gasteiger partial charge on any atom is 0.237 e. The molecule has 2 aromatic carbocycles. The van der Waals surface area contributed by atoms with Crippen LogP contribution in [0.15, 0.2) is 52.1 Å². The first-order chi connectivity index (χ1) is 12.7. The van der Waals surface area contributed by atoms with E-state index in [1.165, 1.54) is 6.07 Å². The van der Waals surface area contributed by atoms with Crippen LogP contribution in [-0.2, 0) is 12.3 Å². The van der Waals surface area contributed by atoms with Gasteiger partial charge in [-0.25, -0.2) is 9.37 Å². The third-order valence-corrected chi connectivity index (χ3v) is 5.12. The number of aromatic nitrogens is 4. The fourth-order valence-corrected chi connectivity index (χ4v) is 3.67. The average Bonchev–Trinajstić information content (AvgIpc) is 3.26. The zero-order chi connectivity index (χ0) is 18.1. The van der Waals surface area contributed by atoms with E-state index >= 15 is 0 Å². The van der Waals surface area contributed by atoms with Gasteiger partial charge in [0.25, 0.3) is 0 Å². The van der Waals surface area contributed by atoms with Gasteiger partial charge < -0.3 is 9.09 Å². The lowest BCUT2D eigenvalue weighted by molar-refractivity contribution is 0.391. The fraction of sp³-hybridized carbons (Fsp3) is 0.211. The van der Waals surface area contributed by atoms with Crippen molar-refractivity contribution in [2.75, 3.05) is 0 Å². The molecule has 0 aliphatic rings. The molecule has 0 bridgehead atoms. The number of imidazole rings is 1. The molecule has 0 aliphatic heterocycles. The predicted octanol–water partition coefficient (Wildman–Crippen LogP) is 4.85. The highest BCUT2D eigenvalue weighted by Crippen LogP contribution is 2.27. The smallest absolute Gasteiger partial charge is 0.237 e. The summed E-state index contributed by atoms with van der Waals surface area (Å²) in [5.74, 6) is 1.11. The van der Waals surface area contributed by atoms with Gasteiger partial charge in [0.05, 0.1) is 16.8 Å². The van der Waals surface area contributed by atoms with Gasteiger partial charge in [0, 0.05) is 12.1 Å². The lowest BCUT2D eigenvalue weighted by Crippen LogP contribution is -1.96. The van der Waals surface area contributed by atoms with Crippen LogP contribution >= 0.6 is 11.8 Å². The topological polar surface area (TPSA) is 56.7 Å². The Bertz CT molecular complexity index is 1070. The van der Waals surface area contributed by atoms with Crippen molar-refractivity contribution in [3.8, 4) is 11.4 Å². The zero-order valence-electron chi connectivity index (χ0n) is 14.4. The number of hydrogen-bond acceptors (Lipinski definition) is 5. The lowest BCUT2D eigenvalue weighted by Gasteiger charge is -2.03. The van der Waals surface area contributed by atoms with Crippen LogP contribution in [0.3, 0.4) is 0 Å². The van der Waals surface area contributed by atoms with E-state index in [9.17, 15) is 4.39 Å².